The molecular weight excluding hydrogens is 332 g/mol. The van der Waals surface area contributed by atoms with Crippen LogP contribution >= 0.6 is 0 Å². The molecule has 138 valence electrons. The first-order chi connectivity index (χ1) is 13.3. The summed E-state index contributed by atoms with van der Waals surface area (Å²) in [5.74, 6) is 2.01. The molecule has 4 rings (SSSR count). The summed E-state index contributed by atoms with van der Waals surface area (Å²) in [7, 11) is 0. The number of benzene rings is 3. The third kappa shape index (κ3) is 3.71. The van der Waals surface area contributed by atoms with E-state index in [2.05, 4.69) is 67.6 Å². The van der Waals surface area contributed by atoms with Gasteiger partial charge in [-0.05, 0) is 71.7 Å². The van der Waals surface area contributed by atoms with Gasteiger partial charge < -0.3 is 9.84 Å². The van der Waals surface area contributed by atoms with E-state index in [1.165, 1.54) is 22.3 Å². The summed E-state index contributed by atoms with van der Waals surface area (Å²) in [5, 5.41) is 9.93. The molecule has 27 heavy (non-hydrogen) atoms. The molecule has 0 heterocycles. The second kappa shape index (κ2) is 7.87. The molecule has 2 atom stereocenters. The van der Waals surface area contributed by atoms with Crippen molar-refractivity contribution in [2.24, 2.45) is 0 Å². The predicted molar refractivity (Wildman–Crippen MR) is 110 cm³/mol. The summed E-state index contributed by atoms with van der Waals surface area (Å²) < 4.78 is 5.76. The van der Waals surface area contributed by atoms with Crippen LogP contribution in [0, 0.1) is 0 Å². The first kappa shape index (κ1) is 17.7. The van der Waals surface area contributed by atoms with E-state index in [4.69, 9.17) is 4.74 Å². The Hall–Kier alpha value is -2.74. The molecule has 3 aromatic carbocycles. The fourth-order valence-corrected chi connectivity index (χ4v) is 4.27. The lowest BCUT2D eigenvalue weighted by Gasteiger charge is -2.34. The smallest absolute Gasteiger partial charge is 0.119 e. The highest BCUT2D eigenvalue weighted by Crippen LogP contribution is 2.47. The van der Waals surface area contributed by atoms with E-state index in [-0.39, 0.29) is 5.92 Å². The van der Waals surface area contributed by atoms with Crippen molar-refractivity contribution in [1.82, 2.24) is 0 Å². The molecular formula is C25H26O2. The summed E-state index contributed by atoms with van der Waals surface area (Å²) in [6.07, 6.45) is 3.09. The zero-order chi connectivity index (χ0) is 18.6. The van der Waals surface area contributed by atoms with Crippen LogP contribution in [0.3, 0.4) is 0 Å². The molecule has 0 saturated carbocycles. The van der Waals surface area contributed by atoms with Crippen LogP contribution in [-0.2, 0) is 6.42 Å². The number of aromatic hydroxyl groups is 1. The van der Waals surface area contributed by atoms with Crippen LogP contribution in [-0.4, -0.2) is 11.7 Å². The largest absolute Gasteiger partial charge is 0.508 e. The maximum absolute atomic E-state index is 9.93. The van der Waals surface area contributed by atoms with E-state index in [1.54, 1.807) is 0 Å². The maximum Gasteiger partial charge on any atom is 0.119 e. The Labute approximate surface area is 161 Å². The van der Waals surface area contributed by atoms with Crippen molar-refractivity contribution in [3.05, 3.63) is 95.1 Å². The van der Waals surface area contributed by atoms with Gasteiger partial charge in [-0.3, -0.25) is 0 Å². The first-order valence-corrected chi connectivity index (χ1v) is 9.85. The quantitative estimate of drug-likeness (QED) is 0.602. The zero-order valence-electron chi connectivity index (χ0n) is 15.8. The molecule has 3 aromatic rings. The molecule has 1 aliphatic carbocycles. The fraction of sp³-hybridized carbons (Fsp3) is 0.280. The van der Waals surface area contributed by atoms with Gasteiger partial charge >= 0.3 is 0 Å². The summed E-state index contributed by atoms with van der Waals surface area (Å²) in [5.41, 5.74) is 5.28. The van der Waals surface area contributed by atoms with E-state index in [9.17, 15) is 5.11 Å². The third-order valence-electron chi connectivity index (χ3n) is 5.53. The average Bonchev–Trinajstić information content (AvgIpc) is 2.72. The number of phenols is 1. The van der Waals surface area contributed by atoms with Crippen molar-refractivity contribution >= 4 is 0 Å². The van der Waals surface area contributed by atoms with Crippen molar-refractivity contribution in [1.29, 1.82) is 0 Å². The molecule has 0 fully saturated rings. The molecule has 0 amide bonds. The number of phenolic OH excluding ortho intramolecular Hbond substituents is 1. The number of hydrogen-bond donors (Lipinski definition) is 1. The Morgan fingerprint density at radius 2 is 1.70 bits per heavy atom. The number of aryl methyl sites for hydroxylation is 1. The Morgan fingerprint density at radius 1 is 0.926 bits per heavy atom. The molecule has 0 aromatic heterocycles. The van der Waals surface area contributed by atoms with Gasteiger partial charge in [-0.1, -0.05) is 55.5 Å². The van der Waals surface area contributed by atoms with Gasteiger partial charge in [0.25, 0.3) is 0 Å². The summed E-state index contributed by atoms with van der Waals surface area (Å²) in [6, 6.07) is 25.2. The molecule has 0 unspecified atom stereocenters. The lowest BCUT2D eigenvalue weighted by atomic mass is 9.69. The molecule has 1 aliphatic rings. The number of fused-ring (bicyclic) bond motifs is 1. The van der Waals surface area contributed by atoms with Crippen molar-refractivity contribution in [3.63, 3.8) is 0 Å². The highest BCUT2D eigenvalue weighted by molar-refractivity contribution is 5.48. The van der Waals surface area contributed by atoms with Crippen molar-refractivity contribution < 1.29 is 9.84 Å². The van der Waals surface area contributed by atoms with Gasteiger partial charge in [-0.15, -0.1) is 0 Å². The second-order valence-corrected chi connectivity index (χ2v) is 7.33. The minimum absolute atomic E-state index is 0.289. The van der Waals surface area contributed by atoms with Gasteiger partial charge in [-0.2, -0.15) is 0 Å². The molecule has 0 radical (unpaired) electrons. The molecule has 0 saturated heterocycles. The highest BCUT2D eigenvalue weighted by Gasteiger charge is 2.32. The van der Waals surface area contributed by atoms with Crippen LogP contribution in [0.25, 0.3) is 0 Å². The van der Waals surface area contributed by atoms with E-state index in [0.29, 0.717) is 11.7 Å². The summed E-state index contributed by atoms with van der Waals surface area (Å²) in [4.78, 5) is 0. The average molecular weight is 358 g/mol. The summed E-state index contributed by atoms with van der Waals surface area (Å²) >= 11 is 0. The number of ether oxygens (including phenoxy) is 1. The lowest BCUT2D eigenvalue weighted by molar-refractivity contribution is 0.317. The highest BCUT2D eigenvalue weighted by atomic mass is 16.5. The zero-order valence-corrected chi connectivity index (χ0v) is 15.8. The molecule has 1 N–H and O–H groups in total. The van der Waals surface area contributed by atoms with Gasteiger partial charge in [0, 0.05) is 5.92 Å². The third-order valence-corrected chi connectivity index (χ3v) is 5.53. The van der Waals surface area contributed by atoms with Gasteiger partial charge in [0.1, 0.15) is 11.5 Å². The van der Waals surface area contributed by atoms with Gasteiger partial charge in [-0.25, -0.2) is 0 Å². The fourth-order valence-electron chi connectivity index (χ4n) is 4.27. The van der Waals surface area contributed by atoms with Gasteiger partial charge in [0.2, 0.25) is 0 Å². The van der Waals surface area contributed by atoms with Crippen LogP contribution in [0.2, 0.25) is 0 Å². The van der Waals surface area contributed by atoms with Crippen LogP contribution < -0.4 is 4.74 Å². The molecule has 0 aliphatic heterocycles. The lowest BCUT2D eigenvalue weighted by Crippen LogP contribution is -2.20. The Morgan fingerprint density at radius 3 is 2.44 bits per heavy atom. The molecule has 2 heteroatoms. The van der Waals surface area contributed by atoms with Crippen molar-refractivity contribution in [2.75, 3.05) is 6.61 Å². The number of rotatable bonds is 5. The maximum atomic E-state index is 9.93. The predicted octanol–water partition coefficient (Wildman–Crippen LogP) is 6.04. The Bertz CT molecular complexity index is 884. The number of hydrogen-bond acceptors (Lipinski definition) is 2. The van der Waals surface area contributed by atoms with E-state index >= 15 is 0 Å². The van der Waals surface area contributed by atoms with Crippen LogP contribution in [0.1, 0.15) is 53.9 Å². The molecule has 0 spiro atoms. The van der Waals surface area contributed by atoms with E-state index in [0.717, 1.165) is 31.6 Å². The normalized spacial score (nSPS) is 18.7. The first-order valence-electron chi connectivity index (χ1n) is 9.85. The second-order valence-electron chi connectivity index (χ2n) is 7.33. The standard InChI is InChI=1S/C25H26O2/c1-2-16-27-22-12-8-19(9-13-22)25-23(18-6-4-3-5-7-18)14-10-20-17-21(26)11-15-24(20)25/h3-9,11-13,15,17,23,25-26H,2,10,14,16H2,1H3/t23-,25+/m1/s1. The molecule has 0 bridgehead atoms. The van der Waals surface area contributed by atoms with Gasteiger partial charge in [0.15, 0.2) is 0 Å². The van der Waals surface area contributed by atoms with Crippen molar-refractivity contribution in [3.8, 4) is 11.5 Å². The molecule has 2 nitrogen and oxygen atoms in total. The summed E-state index contributed by atoms with van der Waals surface area (Å²) in [6.45, 7) is 2.87. The van der Waals surface area contributed by atoms with Crippen LogP contribution in [0.15, 0.2) is 72.8 Å². The monoisotopic (exact) mass is 358 g/mol. The Balaban J connectivity index is 1.75. The van der Waals surface area contributed by atoms with Crippen LogP contribution in [0.4, 0.5) is 0 Å². The minimum atomic E-state index is 0.289. The SMILES string of the molecule is CCCOc1ccc([C@@H]2c3ccc(O)cc3CC[C@@H]2c2ccccc2)cc1. The minimum Gasteiger partial charge on any atom is -0.508 e. The van der Waals surface area contributed by atoms with E-state index in [1.807, 2.05) is 12.1 Å². The Kier molecular flexibility index (Phi) is 5.15. The van der Waals surface area contributed by atoms with E-state index < -0.39 is 0 Å². The van der Waals surface area contributed by atoms with Crippen molar-refractivity contribution in [2.45, 2.75) is 38.0 Å². The van der Waals surface area contributed by atoms with Gasteiger partial charge in [0.05, 0.1) is 6.61 Å². The van der Waals surface area contributed by atoms with Crippen LogP contribution in [0.5, 0.6) is 11.5 Å². The topological polar surface area (TPSA) is 29.5 Å².